The molecule has 1 aliphatic heterocycles. The summed E-state index contributed by atoms with van der Waals surface area (Å²) >= 11 is 0. The number of benzene rings is 1. The summed E-state index contributed by atoms with van der Waals surface area (Å²) in [5.41, 5.74) is 3.96. The van der Waals surface area contributed by atoms with Crippen molar-refractivity contribution in [2.45, 2.75) is 26.5 Å². The average molecular weight is 420 g/mol. The molecule has 0 saturated carbocycles. The van der Waals surface area contributed by atoms with Crippen molar-refractivity contribution < 1.29 is 14.3 Å². The highest BCUT2D eigenvalue weighted by Gasteiger charge is 2.30. The predicted octanol–water partition coefficient (Wildman–Crippen LogP) is 1.64. The molecule has 0 radical (unpaired) electrons. The number of nitrogens with zero attached hydrogens (tertiary/aromatic N) is 4. The van der Waals surface area contributed by atoms with E-state index in [9.17, 15) is 9.59 Å². The molecule has 9 nitrogen and oxygen atoms in total. The van der Waals surface area contributed by atoms with Crippen LogP contribution in [0.25, 0.3) is 11.3 Å². The minimum Gasteiger partial charge on any atom is -0.365 e. The Hall–Kier alpha value is -3.59. The van der Waals surface area contributed by atoms with Gasteiger partial charge in [-0.15, -0.1) is 0 Å². The lowest BCUT2D eigenvalue weighted by Gasteiger charge is -2.32. The van der Waals surface area contributed by atoms with Gasteiger partial charge in [0.05, 0.1) is 25.4 Å². The van der Waals surface area contributed by atoms with Gasteiger partial charge in [-0.25, -0.2) is 9.97 Å². The van der Waals surface area contributed by atoms with Crippen LogP contribution in [0.2, 0.25) is 0 Å². The van der Waals surface area contributed by atoms with E-state index in [1.54, 1.807) is 17.2 Å². The summed E-state index contributed by atoms with van der Waals surface area (Å²) in [6, 6.07) is 11.0. The summed E-state index contributed by atoms with van der Waals surface area (Å²) in [5.74, 6) is 0.122. The summed E-state index contributed by atoms with van der Waals surface area (Å²) in [7, 11) is 0. The molecular formula is C22H24N6O3. The van der Waals surface area contributed by atoms with Crippen molar-refractivity contribution in [1.82, 2.24) is 30.4 Å². The van der Waals surface area contributed by atoms with Gasteiger partial charge in [0.25, 0.3) is 11.8 Å². The smallest absolute Gasteiger partial charge is 0.254 e. The summed E-state index contributed by atoms with van der Waals surface area (Å²) in [5, 5.41) is 9.66. The molecule has 0 aliphatic carbocycles. The number of morpholine rings is 1. The molecular weight excluding hydrogens is 396 g/mol. The van der Waals surface area contributed by atoms with E-state index in [1.165, 1.54) is 0 Å². The van der Waals surface area contributed by atoms with Crippen molar-refractivity contribution in [1.29, 1.82) is 0 Å². The number of hydrogen-bond donors (Lipinski definition) is 2. The van der Waals surface area contributed by atoms with Gasteiger partial charge in [0, 0.05) is 35.3 Å². The highest BCUT2D eigenvalue weighted by Crippen LogP contribution is 2.19. The molecule has 160 valence electrons. The van der Waals surface area contributed by atoms with Gasteiger partial charge in [-0.2, -0.15) is 5.10 Å². The van der Waals surface area contributed by atoms with E-state index in [0.717, 1.165) is 22.6 Å². The zero-order valence-electron chi connectivity index (χ0n) is 17.5. The summed E-state index contributed by atoms with van der Waals surface area (Å²) in [6.45, 7) is 4.89. The van der Waals surface area contributed by atoms with Crippen molar-refractivity contribution in [2.75, 3.05) is 19.7 Å². The van der Waals surface area contributed by atoms with Crippen molar-refractivity contribution in [3.8, 4) is 11.3 Å². The fraction of sp³-hybridized carbons (Fsp3) is 0.318. The molecule has 2 N–H and O–H groups in total. The lowest BCUT2D eigenvalue weighted by molar-refractivity contribution is -0.137. The minimum atomic E-state index is -0.737. The van der Waals surface area contributed by atoms with Crippen LogP contribution in [0.5, 0.6) is 0 Å². The van der Waals surface area contributed by atoms with Gasteiger partial charge in [-0.3, -0.25) is 14.7 Å². The first-order valence-electron chi connectivity index (χ1n) is 10.1. The zero-order valence-corrected chi connectivity index (χ0v) is 17.5. The highest BCUT2D eigenvalue weighted by atomic mass is 16.5. The lowest BCUT2D eigenvalue weighted by Crippen LogP contribution is -2.51. The summed E-state index contributed by atoms with van der Waals surface area (Å²) < 4.78 is 5.61. The number of aryl methyl sites for hydroxylation is 2. The highest BCUT2D eigenvalue weighted by molar-refractivity contribution is 5.96. The Morgan fingerprint density at radius 3 is 2.74 bits per heavy atom. The number of amides is 2. The molecule has 1 saturated heterocycles. The van der Waals surface area contributed by atoms with Gasteiger partial charge in [-0.05, 0) is 38.1 Å². The number of carbonyl (C=O) groups excluding carboxylic acids is 2. The zero-order chi connectivity index (χ0) is 21.8. The van der Waals surface area contributed by atoms with Crippen LogP contribution in [-0.4, -0.2) is 62.7 Å². The van der Waals surface area contributed by atoms with Crippen LogP contribution >= 0.6 is 0 Å². The molecule has 1 aromatic carbocycles. The lowest BCUT2D eigenvalue weighted by atomic mass is 10.1. The van der Waals surface area contributed by atoms with Crippen LogP contribution in [-0.2, 0) is 16.1 Å². The number of nitrogens with one attached hydrogen (secondary N) is 2. The summed E-state index contributed by atoms with van der Waals surface area (Å²) in [4.78, 5) is 35.9. The van der Waals surface area contributed by atoms with Crippen LogP contribution in [0.15, 0.2) is 42.6 Å². The SMILES string of the molecule is Cc1cc(C)nc(CNC(=O)C2CN(C(=O)c3cccc(-c4ccn[nH]4)c3)CCO2)n1. The van der Waals surface area contributed by atoms with E-state index in [2.05, 4.69) is 25.5 Å². The minimum absolute atomic E-state index is 0.139. The number of ether oxygens (including phenoxy) is 1. The molecule has 31 heavy (non-hydrogen) atoms. The maximum Gasteiger partial charge on any atom is 0.254 e. The quantitative estimate of drug-likeness (QED) is 0.649. The Morgan fingerprint density at radius 2 is 2.00 bits per heavy atom. The van der Waals surface area contributed by atoms with E-state index in [1.807, 2.05) is 44.2 Å². The number of H-pyrrole nitrogens is 1. The Labute approximate surface area is 179 Å². The van der Waals surface area contributed by atoms with Gasteiger partial charge >= 0.3 is 0 Å². The Morgan fingerprint density at radius 1 is 1.19 bits per heavy atom. The number of rotatable bonds is 5. The molecule has 0 bridgehead atoms. The second kappa shape index (κ2) is 9.05. The summed E-state index contributed by atoms with van der Waals surface area (Å²) in [6.07, 6.45) is 0.928. The maximum atomic E-state index is 13.0. The van der Waals surface area contributed by atoms with E-state index in [-0.39, 0.29) is 24.9 Å². The third-order valence-corrected chi connectivity index (χ3v) is 5.02. The largest absolute Gasteiger partial charge is 0.365 e. The molecule has 4 rings (SSSR count). The molecule has 3 heterocycles. The standard InChI is InChI=1S/C22H24N6O3/c1-14-10-15(2)26-20(25-14)12-23-21(29)19-13-28(8-9-31-19)22(30)17-5-3-4-16(11-17)18-6-7-24-27-18/h3-7,10-11,19H,8-9,12-13H2,1-2H3,(H,23,29)(H,24,27). The maximum absolute atomic E-state index is 13.0. The van der Waals surface area contributed by atoms with Crippen molar-refractivity contribution in [3.05, 3.63) is 65.4 Å². The van der Waals surface area contributed by atoms with Crippen LogP contribution in [0.1, 0.15) is 27.6 Å². The van der Waals surface area contributed by atoms with Crippen LogP contribution < -0.4 is 5.32 Å². The van der Waals surface area contributed by atoms with Crippen molar-refractivity contribution in [3.63, 3.8) is 0 Å². The first kappa shape index (κ1) is 20.7. The van der Waals surface area contributed by atoms with Gasteiger partial charge < -0.3 is 15.0 Å². The number of aromatic nitrogens is 4. The molecule has 1 aliphatic rings. The Kier molecular flexibility index (Phi) is 6.03. The van der Waals surface area contributed by atoms with E-state index >= 15 is 0 Å². The number of hydrogen-bond acceptors (Lipinski definition) is 6. The van der Waals surface area contributed by atoms with Crippen LogP contribution in [0, 0.1) is 13.8 Å². The fourth-order valence-corrected chi connectivity index (χ4v) is 3.57. The monoisotopic (exact) mass is 420 g/mol. The first-order chi connectivity index (χ1) is 15.0. The number of aromatic amines is 1. The molecule has 3 aromatic rings. The van der Waals surface area contributed by atoms with Gasteiger partial charge in [-0.1, -0.05) is 12.1 Å². The van der Waals surface area contributed by atoms with Gasteiger partial charge in [0.15, 0.2) is 6.10 Å². The third kappa shape index (κ3) is 4.95. The van der Waals surface area contributed by atoms with Crippen LogP contribution in [0.4, 0.5) is 0 Å². The van der Waals surface area contributed by atoms with E-state index < -0.39 is 6.10 Å². The fourth-order valence-electron chi connectivity index (χ4n) is 3.57. The molecule has 9 heteroatoms. The van der Waals surface area contributed by atoms with E-state index in [4.69, 9.17) is 4.74 Å². The normalized spacial score (nSPS) is 16.2. The van der Waals surface area contributed by atoms with E-state index in [0.29, 0.717) is 24.5 Å². The number of carbonyl (C=O) groups is 2. The molecule has 2 amide bonds. The molecule has 2 aromatic heterocycles. The van der Waals surface area contributed by atoms with Gasteiger partial charge in [0.1, 0.15) is 5.82 Å². The van der Waals surface area contributed by atoms with Crippen LogP contribution in [0.3, 0.4) is 0 Å². The average Bonchev–Trinajstić information content (AvgIpc) is 3.31. The van der Waals surface area contributed by atoms with Gasteiger partial charge in [0.2, 0.25) is 0 Å². The molecule has 1 atom stereocenters. The first-order valence-corrected chi connectivity index (χ1v) is 10.1. The Balaban J connectivity index is 1.39. The topological polar surface area (TPSA) is 113 Å². The molecule has 1 unspecified atom stereocenters. The molecule has 1 fully saturated rings. The Bertz CT molecular complexity index is 1060. The third-order valence-electron chi connectivity index (χ3n) is 5.02. The van der Waals surface area contributed by atoms with Crippen molar-refractivity contribution in [2.24, 2.45) is 0 Å². The molecule has 0 spiro atoms. The second-order valence-corrected chi connectivity index (χ2v) is 7.45. The second-order valence-electron chi connectivity index (χ2n) is 7.45. The van der Waals surface area contributed by atoms with Crippen molar-refractivity contribution >= 4 is 11.8 Å². The predicted molar refractivity (Wildman–Crippen MR) is 113 cm³/mol.